The van der Waals surface area contributed by atoms with Crippen LogP contribution in [-0.4, -0.2) is 12.2 Å². The Bertz CT molecular complexity index is 487. The highest BCUT2D eigenvalue weighted by Gasteiger charge is 2.37. The van der Waals surface area contributed by atoms with Gasteiger partial charge in [-0.2, -0.15) is 5.26 Å². The predicted octanol–water partition coefficient (Wildman–Crippen LogP) is 4.46. The van der Waals surface area contributed by atoms with E-state index in [9.17, 15) is 10.1 Å². The molecule has 0 fully saturated rings. The molecular formula is C16H22N2OS. The fourth-order valence-electron chi connectivity index (χ4n) is 2.36. The minimum atomic E-state index is -0.908. The van der Waals surface area contributed by atoms with Crippen molar-refractivity contribution >= 4 is 23.4 Å². The minimum Gasteiger partial charge on any atom is -0.324 e. The zero-order chi connectivity index (χ0) is 15.0. The maximum Gasteiger partial charge on any atom is 0.244 e. The first-order valence-corrected chi connectivity index (χ1v) is 8.21. The van der Waals surface area contributed by atoms with E-state index < -0.39 is 5.41 Å². The number of carbonyl (C=O) groups is 1. The van der Waals surface area contributed by atoms with Crippen molar-refractivity contribution in [2.24, 2.45) is 5.41 Å². The molecule has 1 rings (SSSR count). The number of nitriles is 1. The average molecular weight is 290 g/mol. The summed E-state index contributed by atoms with van der Waals surface area (Å²) in [5.41, 5.74) is -0.119. The second-order valence-electron chi connectivity index (χ2n) is 4.85. The van der Waals surface area contributed by atoms with E-state index >= 15 is 0 Å². The van der Waals surface area contributed by atoms with Crippen molar-refractivity contribution in [3.63, 3.8) is 0 Å². The van der Waals surface area contributed by atoms with Crippen LogP contribution in [0.4, 0.5) is 5.69 Å². The number of rotatable bonds is 7. The number of nitrogens with one attached hydrogen (secondary N) is 1. The molecule has 1 aromatic carbocycles. The van der Waals surface area contributed by atoms with Crippen LogP contribution in [0, 0.1) is 16.7 Å². The summed E-state index contributed by atoms with van der Waals surface area (Å²) in [5, 5.41) is 12.4. The van der Waals surface area contributed by atoms with Gasteiger partial charge in [0, 0.05) is 4.90 Å². The van der Waals surface area contributed by atoms with Gasteiger partial charge in [-0.05, 0) is 31.2 Å². The summed E-state index contributed by atoms with van der Waals surface area (Å²) in [6, 6.07) is 9.93. The molecule has 0 unspecified atom stereocenters. The molecule has 108 valence electrons. The van der Waals surface area contributed by atoms with Crippen LogP contribution >= 0.6 is 11.8 Å². The Balaban J connectivity index is 2.99. The zero-order valence-electron chi connectivity index (χ0n) is 12.4. The molecule has 20 heavy (non-hydrogen) atoms. The SMILES string of the molecule is CCCC(C#N)(CCC)C(=O)Nc1ccccc1SC. The van der Waals surface area contributed by atoms with Crippen LogP contribution in [0.25, 0.3) is 0 Å². The summed E-state index contributed by atoms with van der Waals surface area (Å²) < 4.78 is 0. The Kier molecular flexibility index (Phi) is 6.60. The normalized spacial score (nSPS) is 10.9. The highest BCUT2D eigenvalue weighted by atomic mass is 32.2. The van der Waals surface area contributed by atoms with E-state index in [2.05, 4.69) is 11.4 Å². The molecule has 0 radical (unpaired) electrons. The number of nitrogens with zero attached hydrogens (tertiary/aromatic N) is 1. The molecule has 0 aromatic heterocycles. The van der Waals surface area contributed by atoms with Crippen LogP contribution in [0.3, 0.4) is 0 Å². The van der Waals surface area contributed by atoms with Gasteiger partial charge in [0.15, 0.2) is 0 Å². The van der Waals surface area contributed by atoms with Gasteiger partial charge in [0.05, 0.1) is 11.8 Å². The molecule has 0 aliphatic rings. The lowest BCUT2D eigenvalue weighted by Crippen LogP contribution is -2.35. The number of carbonyl (C=O) groups excluding carboxylic acids is 1. The van der Waals surface area contributed by atoms with E-state index in [4.69, 9.17) is 0 Å². The molecule has 1 amide bonds. The first kappa shape index (κ1) is 16.6. The monoisotopic (exact) mass is 290 g/mol. The summed E-state index contributed by atoms with van der Waals surface area (Å²) in [5.74, 6) is -0.176. The molecule has 3 nitrogen and oxygen atoms in total. The highest BCUT2D eigenvalue weighted by molar-refractivity contribution is 7.98. The third-order valence-corrected chi connectivity index (χ3v) is 4.15. The number of para-hydroxylation sites is 1. The first-order chi connectivity index (χ1) is 9.63. The lowest BCUT2D eigenvalue weighted by molar-refractivity contribution is -0.123. The fraction of sp³-hybridized carbons (Fsp3) is 0.500. The van der Waals surface area contributed by atoms with Gasteiger partial charge >= 0.3 is 0 Å². The second kappa shape index (κ2) is 7.96. The number of hydrogen-bond donors (Lipinski definition) is 1. The van der Waals surface area contributed by atoms with Gasteiger partial charge in [-0.3, -0.25) is 4.79 Å². The Morgan fingerprint density at radius 3 is 2.40 bits per heavy atom. The molecule has 0 atom stereocenters. The standard InChI is InChI=1S/C16H22N2OS/c1-4-10-16(12-17,11-5-2)15(19)18-13-8-6-7-9-14(13)20-3/h6-9H,4-5,10-11H2,1-3H3,(H,18,19). The summed E-state index contributed by atoms with van der Waals surface area (Å²) in [4.78, 5) is 13.6. The largest absolute Gasteiger partial charge is 0.324 e. The van der Waals surface area contributed by atoms with E-state index in [1.807, 2.05) is 44.4 Å². The van der Waals surface area contributed by atoms with Crippen molar-refractivity contribution in [3.8, 4) is 6.07 Å². The van der Waals surface area contributed by atoms with Crippen LogP contribution in [-0.2, 0) is 4.79 Å². The first-order valence-electron chi connectivity index (χ1n) is 6.99. The summed E-state index contributed by atoms with van der Waals surface area (Å²) in [6.45, 7) is 4.01. The number of amides is 1. The molecule has 0 bridgehead atoms. The quantitative estimate of drug-likeness (QED) is 0.754. The van der Waals surface area contributed by atoms with Crippen LogP contribution < -0.4 is 5.32 Å². The fourth-order valence-corrected chi connectivity index (χ4v) is 2.91. The highest BCUT2D eigenvalue weighted by Crippen LogP contribution is 2.32. The zero-order valence-corrected chi connectivity index (χ0v) is 13.2. The van der Waals surface area contributed by atoms with Gasteiger partial charge in [-0.1, -0.05) is 38.8 Å². The van der Waals surface area contributed by atoms with E-state index in [0.717, 1.165) is 23.4 Å². The van der Waals surface area contributed by atoms with Gasteiger partial charge in [0.2, 0.25) is 5.91 Å². The van der Waals surface area contributed by atoms with Crippen LogP contribution in [0.2, 0.25) is 0 Å². The molecule has 0 saturated heterocycles. The molecule has 1 N–H and O–H groups in total. The molecule has 1 aromatic rings. The Morgan fingerprint density at radius 1 is 1.30 bits per heavy atom. The van der Waals surface area contributed by atoms with Gasteiger partial charge in [0.25, 0.3) is 0 Å². The molecular weight excluding hydrogens is 268 g/mol. The number of anilines is 1. The Morgan fingerprint density at radius 2 is 1.90 bits per heavy atom. The molecule has 0 saturated carbocycles. The molecule has 0 aliphatic carbocycles. The molecule has 0 aliphatic heterocycles. The van der Waals surface area contributed by atoms with Crippen LogP contribution in [0.1, 0.15) is 39.5 Å². The van der Waals surface area contributed by atoms with E-state index in [0.29, 0.717) is 12.8 Å². The van der Waals surface area contributed by atoms with Crippen LogP contribution in [0.5, 0.6) is 0 Å². The number of benzene rings is 1. The second-order valence-corrected chi connectivity index (χ2v) is 5.70. The van der Waals surface area contributed by atoms with Crippen LogP contribution in [0.15, 0.2) is 29.2 Å². The summed E-state index contributed by atoms with van der Waals surface area (Å²) in [7, 11) is 0. The Labute approximate surface area is 125 Å². The van der Waals surface area contributed by atoms with Gasteiger partial charge in [0.1, 0.15) is 5.41 Å². The smallest absolute Gasteiger partial charge is 0.244 e. The average Bonchev–Trinajstić information content (AvgIpc) is 2.47. The Hall–Kier alpha value is -1.47. The van der Waals surface area contributed by atoms with Gasteiger partial charge < -0.3 is 5.32 Å². The summed E-state index contributed by atoms with van der Waals surface area (Å²) in [6.07, 6.45) is 4.83. The number of thioether (sulfide) groups is 1. The van der Waals surface area contributed by atoms with E-state index in [-0.39, 0.29) is 5.91 Å². The maximum absolute atomic E-state index is 12.6. The minimum absolute atomic E-state index is 0.176. The van der Waals surface area contributed by atoms with Crippen molar-refractivity contribution in [1.82, 2.24) is 0 Å². The molecule has 0 spiro atoms. The lowest BCUT2D eigenvalue weighted by atomic mass is 9.79. The third-order valence-electron chi connectivity index (χ3n) is 3.36. The van der Waals surface area contributed by atoms with Gasteiger partial charge in [-0.15, -0.1) is 11.8 Å². The van der Waals surface area contributed by atoms with Crippen molar-refractivity contribution in [2.75, 3.05) is 11.6 Å². The van der Waals surface area contributed by atoms with Gasteiger partial charge in [-0.25, -0.2) is 0 Å². The topological polar surface area (TPSA) is 52.9 Å². The van der Waals surface area contributed by atoms with E-state index in [1.54, 1.807) is 11.8 Å². The number of hydrogen-bond acceptors (Lipinski definition) is 3. The maximum atomic E-state index is 12.6. The third kappa shape index (κ3) is 3.77. The van der Waals surface area contributed by atoms with Crippen molar-refractivity contribution in [1.29, 1.82) is 5.26 Å². The summed E-state index contributed by atoms with van der Waals surface area (Å²) >= 11 is 1.58. The van der Waals surface area contributed by atoms with Crippen molar-refractivity contribution in [2.45, 2.75) is 44.4 Å². The van der Waals surface area contributed by atoms with E-state index in [1.165, 1.54) is 0 Å². The molecule has 4 heteroatoms. The lowest BCUT2D eigenvalue weighted by Gasteiger charge is -2.25. The predicted molar refractivity (Wildman–Crippen MR) is 84.7 cm³/mol. The molecule has 0 heterocycles. The van der Waals surface area contributed by atoms with Crippen molar-refractivity contribution in [3.05, 3.63) is 24.3 Å². The van der Waals surface area contributed by atoms with Crippen molar-refractivity contribution < 1.29 is 4.79 Å².